The molecule has 2 aromatic carbocycles. The van der Waals surface area contributed by atoms with Crippen LogP contribution in [0.15, 0.2) is 48.7 Å². The number of methoxy groups -OCH3 is 2. The van der Waals surface area contributed by atoms with Crippen LogP contribution in [0.4, 0.5) is 28.8 Å². The van der Waals surface area contributed by atoms with Gasteiger partial charge in [0.25, 0.3) is 5.91 Å². The van der Waals surface area contributed by atoms with E-state index in [1.165, 1.54) is 18.6 Å². The average molecular weight is 518 g/mol. The Labute approximate surface area is 221 Å². The Morgan fingerprint density at radius 1 is 1.03 bits per heavy atom. The van der Waals surface area contributed by atoms with Crippen molar-refractivity contribution in [2.75, 3.05) is 29.3 Å². The standard InChI is InChI=1S/C28H31N5O5/c1-17-26(34)33(21-13-14-23(37-2)24(15-21)38-3)22-16-29-28(30-19-11-9-18(10-12-19)27(35)36)31-25(22)32(17)20-7-5-4-6-8-20/h9-17,20H,4-8H2,1-3H3,(H,35,36)(H,29,30,31)/t17-/m1/s1. The van der Waals surface area contributed by atoms with Crippen LogP contribution in [0, 0.1) is 0 Å². The van der Waals surface area contributed by atoms with Crippen molar-refractivity contribution in [3.63, 3.8) is 0 Å². The van der Waals surface area contributed by atoms with Gasteiger partial charge < -0.3 is 24.8 Å². The third-order valence-electron chi connectivity index (χ3n) is 7.21. The molecule has 0 radical (unpaired) electrons. The van der Waals surface area contributed by atoms with E-state index in [0.29, 0.717) is 40.3 Å². The number of hydrogen-bond acceptors (Lipinski definition) is 8. The molecule has 1 aliphatic heterocycles. The predicted molar refractivity (Wildman–Crippen MR) is 144 cm³/mol. The number of amides is 1. The number of aromatic carboxylic acids is 1. The molecule has 1 aliphatic carbocycles. The van der Waals surface area contributed by atoms with Crippen LogP contribution in [0.1, 0.15) is 49.4 Å². The molecule has 0 spiro atoms. The number of anilines is 5. The Morgan fingerprint density at radius 2 is 1.74 bits per heavy atom. The number of nitrogens with one attached hydrogen (secondary N) is 1. The summed E-state index contributed by atoms with van der Waals surface area (Å²) in [5, 5.41) is 12.4. The minimum absolute atomic E-state index is 0.0659. The molecule has 2 aliphatic rings. The zero-order valence-corrected chi connectivity index (χ0v) is 21.7. The van der Waals surface area contributed by atoms with Crippen LogP contribution < -0.4 is 24.6 Å². The first-order chi connectivity index (χ1) is 18.4. The number of ether oxygens (including phenoxy) is 2. The summed E-state index contributed by atoms with van der Waals surface area (Å²) in [5.41, 5.74) is 2.09. The third-order valence-corrected chi connectivity index (χ3v) is 7.21. The van der Waals surface area contributed by atoms with Gasteiger partial charge in [0.15, 0.2) is 17.3 Å². The number of benzene rings is 2. The number of fused-ring (bicyclic) bond motifs is 1. The number of rotatable bonds is 7. The van der Waals surface area contributed by atoms with Crippen molar-refractivity contribution in [1.29, 1.82) is 0 Å². The van der Waals surface area contributed by atoms with Crippen molar-refractivity contribution in [2.24, 2.45) is 0 Å². The SMILES string of the molecule is COc1ccc(N2C(=O)[C@@H](C)N(C3CCCCC3)c3nc(Nc4ccc(C(=O)O)cc4)ncc32)cc1OC. The minimum atomic E-state index is -0.987. The van der Waals surface area contributed by atoms with Gasteiger partial charge in [0.2, 0.25) is 5.95 Å². The molecule has 10 heteroatoms. The van der Waals surface area contributed by atoms with Gasteiger partial charge in [-0.1, -0.05) is 19.3 Å². The summed E-state index contributed by atoms with van der Waals surface area (Å²) in [5.74, 6) is 1.08. The summed E-state index contributed by atoms with van der Waals surface area (Å²) in [7, 11) is 3.13. The molecule has 3 aromatic rings. The van der Waals surface area contributed by atoms with E-state index in [-0.39, 0.29) is 17.5 Å². The summed E-state index contributed by atoms with van der Waals surface area (Å²) in [6.45, 7) is 1.92. The Bertz CT molecular complexity index is 1340. The average Bonchev–Trinajstić information content (AvgIpc) is 2.94. The highest BCUT2D eigenvalue weighted by atomic mass is 16.5. The molecule has 2 heterocycles. The Kier molecular flexibility index (Phi) is 7.04. The Balaban J connectivity index is 1.57. The Hall–Kier alpha value is -4.34. The zero-order valence-electron chi connectivity index (χ0n) is 21.7. The highest BCUT2D eigenvalue weighted by molar-refractivity contribution is 6.10. The topological polar surface area (TPSA) is 117 Å². The van der Waals surface area contributed by atoms with Gasteiger partial charge in [-0.15, -0.1) is 0 Å². The van der Waals surface area contributed by atoms with E-state index in [1.54, 1.807) is 49.6 Å². The number of nitrogens with zero attached hydrogens (tertiary/aromatic N) is 4. The van der Waals surface area contributed by atoms with Gasteiger partial charge in [0.05, 0.1) is 31.7 Å². The monoisotopic (exact) mass is 517 g/mol. The lowest BCUT2D eigenvalue weighted by atomic mass is 9.92. The van der Waals surface area contributed by atoms with Crippen molar-refractivity contribution < 1.29 is 24.2 Å². The number of aromatic nitrogens is 2. The van der Waals surface area contributed by atoms with E-state index in [0.717, 1.165) is 25.7 Å². The molecule has 1 atom stereocenters. The van der Waals surface area contributed by atoms with Crippen molar-refractivity contribution in [3.8, 4) is 11.5 Å². The van der Waals surface area contributed by atoms with E-state index < -0.39 is 12.0 Å². The summed E-state index contributed by atoms with van der Waals surface area (Å²) < 4.78 is 10.9. The molecule has 1 fully saturated rings. The minimum Gasteiger partial charge on any atom is -0.493 e. The summed E-state index contributed by atoms with van der Waals surface area (Å²) in [6.07, 6.45) is 7.08. The molecule has 2 N–H and O–H groups in total. The smallest absolute Gasteiger partial charge is 0.335 e. The highest BCUT2D eigenvalue weighted by Gasteiger charge is 2.41. The maximum absolute atomic E-state index is 13.9. The lowest BCUT2D eigenvalue weighted by Crippen LogP contribution is -2.55. The third kappa shape index (κ3) is 4.69. The summed E-state index contributed by atoms with van der Waals surface area (Å²) >= 11 is 0. The van der Waals surface area contributed by atoms with E-state index in [1.807, 2.05) is 13.0 Å². The van der Waals surface area contributed by atoms with E-state index in [9.17, 15) is 14.7 Å². The predicted octanol–water partition coefficient (Wildman–Crippen LogP) is 5.14. The number of carbonyl (C=O) groups is 2. The summed E-state index contributed by atoms with van der Waals surface area (Å²) in [4.78, 5) is 38.3. The lowest BCUT2D eigenvalue weighted by molar-refractivity contribution is -0.119. The normalized spacial score (nSPS) is 17.7. The maximum atomic E-state index is 13.9. The fourth-order valence-electron chi connectivity index (χ4n) is 5.29. The fraction of sp³-hybridized carbons (Fsp3) is 0.357. The van der Waals surface area contributed by atoms with Gasteiger partial charge in [-0.3, -0.25) is 9.69 Å². The second-order valence-corrected chi connectivity index (χ2v) is 9.50. The molecule has 5 rings (SSSR count). The van der Waals surface area contributed by atoms with E-state index in [4.69, 9.17) is 14.5 Å². The molecule has 1 aromatic heterocycles. The number of hydrogen-bond donors (Lipinski definition) is 2. The first-order valence-electron chi connectivity index (χ1n) is 12.7. The van der Waals surface area contributed by atoms with Crippen LogP contribution in [-0.2, 0) is 4.79 Å². The number of carboxylic acids is 1. The highest BCUT2D eigenvalue weighted by Crippen LogP contribution is 2.44. The van der Waals surface area contributed by atoms with Gasteiger partial charge in [0.1, 0.15) is 11.7 Å². The van der Waals surface area contributed by atoms with Gasteiger partial charge >= 0.3 is 5.97 Å². The zero-order chi connectivity index (χ0) is 26.8. The molecule has 38 heavy (non-hydrogen) atoms. The molecular formula is C28H31N5O5. The first-order valence-corrected chi connectivity index (χ1v) is 12.7. The molecule has 198 valence electrons. The maximum Gasteiger partial charge on any atom is 0.335 e. The van der Waals surface area contributed by atoms with Crippen molar-refractivity contribution in [1.82, 2.24) is 9.97 Å². The van der Waals surface area contributed by atoms with Crippen LogP contribution in [0.25, 0.3) is 0 Å². The first kappa shape index (κ1) is 25.3. The molecule has 1 amide bonds. The van der Waals surface area contributed by atoms with Crippen LogP contribution in [0.3, 0.4) is 0 Å². The second-order valence-electron chi connectivity index (χ2n) is 9.50. The van der Waals surface area contributed by atoms with Crippen LogP contribution in [0.5, 0.6) is 11.5 Å². The van der Waals surface area contributed by atoms with Gasteiger partial charge in [0, 0.05) is 17.8 Å². The van der Waals surface area contributed by atoms with Crippen LogP contribution >= 0.6 is 0 Å². The van der Waals surface area contributed by atoms with E-state index in [2.05, 4.69) is 15.2 Å². The lowest BCUT2D eigenvalue weighted by Gasteiger charge is -2.45. The second kappa shape index (κ2) is 10.6. The molecule has 0 bridgehead atoms. The molecule has 0 saturated heterocycles. The van der Waals surface area contributed by atoms with Crippen molar-refractivity contribution in [2.45, 2.75) is 51.1 Å². The van der Waals surface area contributed by atoms with E-state index >= 15 is 0 Å². The largest absolute Gasteiger partial charge is 0.493 e. The quantitative estimate of drug-likeness (QED) is 0.439. The fourth-order valence-corrected chi connectivity index (χ4v) is 5.29. The van der Waals surface area contributed by atoms with Gasteiger partial charge in [-0.25, -0.2) is 9.78 Å². The Morgan fingerprint density at radius 3 is 2.39 bits per heavy atom. The molecule has 10 nitrogen and oxygen atoms in total. The number of carbonyl (C=O) groups excluding carboxylic acids is 1. The van der Waals surface area contributed by atoms with Crippen LogP contribution in [-0.4, -0.2) is 53.3 Å². The van der Waals surface area contributed by atoms with Crippen molar-refractivity contribution in [3.05, 3.63) is 54.2 Å². The molecule has 1 saturated carbocycles. The molecular weight excluding hydrogens is 486 g/mol. The van der Waals surface area contributed by atoms with Crippen LogP contribution in [0.2, 0.25) is 0 Å². The number of carboxylic acid groups (broad SMARTS) is 1. The van der Waals surface area contributed by atoms with Gasteiger partial charge in [-0.05, 0) is 56.2 Å². The van der Waals surface area contributed by atoms with Crippen molar-refractivity contribution >= 4 is 40.7 Å². The van der Waals surface area contributed by atoms with Gasteiger partial charge in [-0.2, -0.15) is 4.98 Å². The summed E-state index contributed by atoms with van der Waals surface area (Å²) in [6, 6.07) is 11.5. The molecule has 0 unspecified atom stereocenters.